The maximum atomic E-state index is 13.4. The Bertz CT molecular complexity index is 777. The number of hydrogen-bond donors (Lipinski definition) is 0. The van der Waals surface area contributed by atoms with E-state index in [1.54, 1.807) is 16.7 Å². The number of aromatic nitrogens is 1. The predicted molar refractivity (Wildman–Crippen MR) is 78.2 cm³/mol. The van der Waals surface area contributed by atoms with Gasteiger partial charge in [0.15, 0.2) is 5.78 Å². The summed E-state index contributed by atoms with van der Waals surface area (Å²) in [5.41, 5.74) is 2.97. The molecule has 1 heterocycles. The lowest BCUT2D eigenvalue weighted by Crippen LogP contribution is -2.28. The first-order valence-corrected chi connectivity index (χ1v) is 7.07. The Labute approximate surface area is 122 Å². The summed E-state index contributed by atoms with van der Waals surface area (Å²) in [6, 6.07) is 7.61. The summed E-state index contributed by atoms with van der Waals surface area (Å²) in [5.74, 6) is -0.231. The van der Waals surface area contributed by atoms with Crippen LogP contribution in [-0.4, -0.2) is 10.4 Å². The van der Waals surface area contributed by atoms with E-state index in [9.17, 15) is 14.0 Å². The molecular weight excluding hydrogens is 269 g/mol. The maximum absolute atomic E-state index is 13.4. The fraction of sp³-hybridized carbons (Fsp3) is 0.294. The molecule has 0 atom stereocenters. The van der Waals surface area contributed by atoms with E-state index in [0.717, 1.165) is 23.2 Å². The van der Waals surface area contributed by atoms with Crippen LogP contribution in [0.4, 0.5) is 4.39 Å². The summed E-state index contributed by atoms with van der Waals surface area (Å²) >= 11 is 0. The summed E-state index contributed by atoms with van der Waals surface area (Å²) < 4.78 is 15.0. The highest BCUT2D eigenvalue weighted by molar-refractivity contribution is 5.97. The van der Waals surface area contributed by atoms with Crippen molar-refractivity contribution in [2.24, 2.45) is 0 Å². The monoisotopic (exact) mass is 285 g/mol. The van der Waals surface area contributed by atoms with E-state index in [4.69, 9.17) is 0 Å². The van der Waals surface area contributed by atoms with Gasteiger partial charge in [-0.3, -0.25) is 9.59 Å². The van der Waals surface area contributed by atoms with Gasteiger partial charge in [0.2, 0.25) is 0 Å². The largest absolute Gasteiger partial charge is 0.307 e. The zero-order valence-corrected chi connectivity index (χ0v) is 11.9. The summed E-state index contributed by atoms with van der Waals surface area (Å²) in [7, 11) is 0. The standard InChI is InChI=1S/C17H16FNO2/c1-11-5-6-13(18)9-12(11)10-19-15-3-2-4-16(20)14(15)7-8-17(19)21/h5-9H,2-4,10H2,1H3. The first-order chi connectivity index (χ1) is 10.1. The molecule has 0 amide bonds. The van der Waals surface area contributed by atoms with Crippen molar-refractivity contribution >= 4 is 5.78 Å². The van der Waals surface area contributed by atoms with Gasteiger partial charge in [-0.15, -0.1) is 0 Å². The van der Waals surface area contributed by atoms with E-state index in [1.165, 1.54) is 18.2 Å². The number of nitrogens with zero attached hydrogens (tertiary/aromatic N) is 1. The van der Waals surface area contributed by atoms with Crippen molar-refractivity contribution < 1.29 is 9.18 Å². The summed E-state index contributed by atoms with van der Waals surface area (Å²) in [6.45, 7) is 2.19. The highest BCUT2D eigenvalue weighted by atomic mass is 19.1. The van der Waals surface area contributed by atoms with Gasteiger partial charge in [0.25, 0.3) is 5.56 Å². The fourth-order valence-corrected chi connectivity index (χ4v) is 2.85. The van der Waals surface area contributed by atoms with Crippen LogP contribution < -0.4 is 5.56 Å². The first-order valence-electron chi connectivity index (χ1n) is 7.07. The van der Waals surface area contributed by atoms with E-state index in [-0.39, 0.29) is 17.2 Å². The molecule has 0 unspecified atom stereocenters. The van der Waals surface area contributed by atoms with Gasteiger partial charge >= 0.3 is 0 Å². The van der Waals surface area contributed by atoms with Crippen LogP contribution in [0.2, 0.25) is 0 Å². The third-order valence-electron chi connectivity index (χ3n) is 4.05. The Hall–Kier alpha value is -2.23. The maximum Gasteiger partial charge on any atom is 0.251 e. The first kappa shape index (κ1) is 13.7. The van der Waals surface area contributed by atoms with Gasteiger partial charge in [-0.1, -0.05) is 6.07 Å². The molecule has 108 valence electrons. The van der Waals surface area contributed by atoms with Gasteiger partial charge in [0, 0.05) is 23.7 Å². The van der Waals surface area contributed by atoms with Crippen molar-refractivity contribution in [3.8, 4) is 0 Å². The minimum atomic E-state index is -0.315. The van der Waals surface area contributed by atoms with Crippen LogP contribution in [0.1, 0.15) is 40.0 Å². The number of rotatable bonds is 2. The molecule has 0 spiro atoms. The molecule has 3 rings (SSSR count). The quantitative estimate of drug-likeness (QED) is 0.851. The second-order valence-corrected chi connectivity index (χ2v) is 5.47. The predicted octanol–water partition coefficient (Wildman–Crippen LogP) is 2.86. The number of Topliss-reactive ketones (excluding diaryl/α,β-unsaturated/α-hetero) is 1. The van der Waals surface area contributed by atoms with E-state index in [2.05, 4.69) is 0 Å². The number of aryl methyl sites for hydroxylation is 1. The highest BCUT2D eigenvalue weighted by Gasteiger charge is 2.20. The molecule has 2 aromatic rings. The van der Waals surface area contributed by atoms with Crippen LogP contribution in [-0.2, 0) is 13.0 Å². The van der Waals surface area contributed by atoms with Gasteiger partial charge in [0.1, 0.15) is 5.82 Å². The number of hydrogen-bond acceptors (Lipinski definition) is 2. The van der Waals surface area contributed by atoms with Gasteiger partial charge in [0.05, 0.1) is 6.54 Å². The van der Waals surface area contributed by atoms with Crippen molar-refractivity contribution in [3.05, 3.63) is 68.9 Å². The topological polar surface area (TPSA) is 39.1 Å². The molecule has 0 fully saturated rings. The van der Waals surface area contributed by atoms with Crippen molar-refractivity contribution in [1.29, 1.82) is 0 Å². The van der Waals surface area contributed by atoms with Crippen LogP contribution in [0.15, 0.2) is 35.1 Å². The molecule has 1 aliphatic rings. The third kappa shape index (κ3) is 2.53. The average molecular weight is 285 g/mol. The van der Waals surface area contributed by atoms with E-state index in [0.29, 0.717) is 24.9 Å². The molecule has 4 heteroatoms. The molecule has 3 nitrogen and oxygen atoms in total. The molecule has 0 saturated carbocycles. The van der Waals surface area contributed by atoms with E-state index in [1.807, 2.05) is 6.92 Å². The number of halogens is 1. The van der Waals surface area contributed by atoms with Crippen LogP contribution in [0, 0.1) is 12.7 Å². The van der Waals surface area contributed by atoms with Crippen molar-refractivity contribution in [2.75, 3.05) is 0 Å². The normalized spacial score (nSPS) is 14.1. The molecule has 0 aliphatic heterocycles. The zero-order chi connectivity index (χ0) is 15.0. The summed E-state index contributed by atoms with van der Waals surface area (Å²) in [4.78, 5) is 24.1. The second-order valence-electron chi connectivity index (χ2n) is 5.47. The Balaban J connectivity index is 2.10. The fourth-order valence-electron chi connectivity index (χ4n) is 2.85. The smallest absolute Gasteiger partial charge is 0.251 e. The molecule has 1 aromatic heterocycles. The lowest BCUT2D eigenvalue weighted by Gasteiger charge is -2.20. The minimum absolute atomic E-state index is 0.0842. The Morgan fingerprint density at radius 1 is 1.14 bits per heavy atom. The highest BCUT2D eigenvalue weighted by Crippen LogP contribution is 2.21. The lowest BCUT2D eigenvalue weighted by molar-refractivity contribution is 0.0970. The number of benzene rings is 1. The number of pyridine rings is 1. The minimum Gasteiger partial charge on any atom is -0.307 e. The van der Waals surface area contributed by atoms with Crippen molar-refractivity contribution in [1.82, 2.24) is 4.57 Å². The van der Waals surface area contributed by atoms with Crippen LogP contribution >= 0.6 is 0 Å². The molecule has 1 aliphatic carbocycles. The summed E-state index contributed by atoms with van der Waals surface area (Å²) in [5, 5.41) is 0. The molecule has 0 saturated heterocycles. The lowest BCUT2D eigenvalue weighted by atomic mass is 9.94. The van der Waals surface area contributed by atoms with Crippen molar-refractivity contribution in [3.63, 3.8) is 0 Å². The number of carbonyl (C=O) groups excluding carboxylic acids is 1. The Morgan fingerprint density at radius 3 is 2.76 bits per heavy atom. The van der Waals surface area contributed by atoms with Gasteiger partial charge in [-0.2, -0.15) is 0 Å². The van der Waals surface area contributed by atoms with Crippen LogP contribution in [0.3, 0.4) is 0 Å². The SMILES string of the molecule is Cc1ccc(F)cc1Cn1c2c(ccc1=O)C(=O)CCC2. The molecule has 0 radical (unpaired) electrons. The molecule has 1 aromatic carbocycles. The number of fused-ring (bicyclic) bond motifs is 1. The van der Waals surface area contributed by atoms with Crippen molar-refractivity contribution in [2.45, 2.75) is 32.7 Å². The molecular formula is C17H16FNO2. The number of ketones is 1. The third-order valence-corrected chi connectivity index (χ3v) is 4.05. The van der Waals surface area contributed by atoms with E-state index < -0.39 is 0 Å². The van der Waals surface area contributed by atoms with Crippen LogP contribution in [0.25, 0.3) is 0 Å². The van der Waals surface area contributed by atoms with Gasteiger partial charge in [-0.25, -0.2) is 4.39 Å². The number of carbonyl (C=O) groups is 1. The Morgan fingerprint density at radius 2 is 1.95 bits per heavy atom. The molecule has 0 N–H and O–H groups in total. The second kappa shape index (κ2) is 5.28. The Kier molecular flexibility index (Phi) is 3.45. The summed E-state index contributed by atoms with van der Waals surface area (Å²) in [6.07, 6.45) is 2.01. The van der Waals surface area contributed by atoms with E-state index >= 15 is 0 Å². The molecule has 21 heavy (non-hydrogen) atoms. The zero-order valence-electron chi connectivity index (χ0n) is 11.9. The van der Waals surface area contributed by atoms with Gasteiger partial charge < -0.3 is 4.57 Å². The van der Waals surface area contributed by atoms with Gasteiger partial charge in [-0.05, 0) is 49.1 Å². The molecule has 0 bridgehead atoms. The average Bonchev–Trinajstić information content (AvgIpc) is 2.46. The van der Waals surface area contributed by atoms with Crippen LogP contribution in [0.5, 0.6) is 0 Å².